The highest BCUT2D eigenvalue weighted by atomic mass is 19.1. The molecule has 2 aliphatic heterocycles. The second kappa shape index (κ2) is 7.82. The lowest BCUT2D eigenvalue weighted by molar-refractivity contribution is -0.121. The van der Waals surface area contributed by atoms with E-state index >= 15 is 0 Å². The summed E-state index contributed by atoms with van der Waals surface area (Å²) < 4.78 is 13.7. The molecule has 1 unspecified atom stereocenters. The second-order valence-corrected chi connectivity index (χ2v) is 6.93. The zero-order chi connectivity index (χ0) is 17.8. The molecular formula is C18H25FN4O2. The summed E-state index contributed by atoms with van der Waals surface area (Å²) in [6.07, 6.45) is 2.32. The van der Waals surface area contributed by atoms with E-state index in [1.807, 2.05) is 12.1 Å². The average Bonchev–Trinajstić information content (AvgIpc) is 3.09. The van der Waals surface area contributed by atoms with E-state index in [4.69, 9.17) is 5.73 Å². The lowest BCUT2D eigenvalue weighted by atomic mass is 10.0. The SMILES string of the molecule is NC(=O)C1CCN(C(=O)NC2CCN(Cc3ccccc3F)CC2)C1. The molecule has 0 spiro atoms. The van der Waals surface area contributed by atoms with Gasteiger partial charge in [0, 0.05) is 44.3 Å². The minimum atomic E-state index is -0.336. The number of nitrogens with zero attached hydrogens (tertiary/aromatic N) is 2. The molecule has 136 valence electrons. The molecule has 3 N–H and O–H groups in total. The van der Waals surface area contributed by atoms with Gasteiger partial charge in [-0.05, 0) is 25.3 Å². The number of likely N-dealkylation sites (tertiary alicyclic amines) is 2. The lowest BCUT2D eigenvalue weighted by Crippen LogP contribution is -2.48. The van der Waals surface area contributed by atoms with Crippen LogP contribution in [0.4, 0.5) is 9.18 Å². The van der Waals surface area contributed by atoms with Gasteiger partial charge in [-0.3, -0.25) is 9.69 Å². The minimum Gasteiger partial charge on any atom is -0.369 e. The zero-order valence-electron chi connectivity index (χ0n) is 14.3. The van der Waals surface area contributed by atoms with Crippen molar-refractivity contribution in [3.8, 4) is 0 Å². The normalized spacial score (nSPS) is 22.1. The number of urea groups is 1. The summed E-state index contributed by atoms with van der Waals surface area (Å²) in [7, 11) is 0. The van der Waals surface area contributed by atoms with Gasteiger partial charge in [-0.2, -0.15) is 0 Å². The van der Waals surface area contributed by atoms with Gasteiger partial charge in [0.15, 0.2) is 0 Å². The molecule has 0 aromatic heterocycles. The molecule has 2 saturated heterocycles. The number of piperidine rings is 1. The van der Waals surface area contributed by atoms with Crippen molar-refractivity contribution in [2.45, 2.75) is 31.8 Å². The van der Waals surface area contributed by atoms with Gasteiger partial charge in [-0.15, -0.1) is 0 Å². The van der Waals surface area contributed by atoms with Crippen molar-refractivity contribution in [3.63, 3.8) is 0 Å². The Morgan fingerprint density at radius 1 is 1.16 bits per heavy atom. The van der Waals surface area contributed by atoms with Gasteiger partial charge in [0.2, 0.25) is 5.91 Å². The van der Waals surface area contributed by atoms with E-state index in [1.54, 1.807) is 11.0 Å². The number of primary amides is 1. The van der Waals surface area contributed by atoms with Crippen molar-refractivity contribution in [1.29, 1.82) is 0 Å². The predicted octanol–water partition coefficient (Wildman–Crippen LogP) is 1.31. The van der Waals surface area contributed by atoms with Crippen LogP contribution in [-0.4, -0.2) is 54.0 Å². The summed E-state index contributed by atoms with van der Waals surface area (Å²) in [4.78, 5) is 27.4. The van der Waals surface area contributed by atoms with Gasteiger partial charge in [-0.25, -0.2) is 9.18 Å². The molecule has 0 bridgehead atoms. The molecule has 2 aliphatic rings. The highest BCUT2D eigenvalue weighted by Crippen LogP contribution is 2.18. The van der Waals surface area contributed by atoms with Gasteiger partial charge in [0.25, 0.3) is 0 Å². The third-order valence-electron chi connectivity index (χ3n) is 5.14. The van der Waals surface area contributed by atoms with Crippen LogP contribution < -0.4 is 11.1 Å². The fourth-order valence-electron chi connectivity index (χ4n) is 3.55. The fourth-order valence-corrected chi connectivity index (χ4v) is 3.55. The smallest absolute Gasteiger partial charge is 0.317 e. The first-order valence-electron chi connectivity index (χ1n) is 8.83. The number of nitrogens with two attached hydrogens (primary N) is 1. The summed E-state index contributed by atoms with van der Waals surface area (Å²) in [5.41, 5.74) is 6.01. The van der Waals surface area contributed by atoms with E-state index in [-0.39, 0.29) is 29.7 Å². The Morgan fingerprint density at radius 3 is 2.52 bits per heavy atom. The molecule has 1 atom stereocenters. The van der Waals surface area contributed by atoms with Gasteiger partial charge >= 0.3 is 6.03 Å². The summed E-state index contributed by atoms with van der Waals surface area (Å²) in [5, 5.41) is 3.05. The number of rotatable bonds is 4. The van der Waals surface area contributed by atoms with Crippen LogP contribution >= 0.6 is 0 Å². The molecule has 25 heavy (non-hydrogen) atoms. The van der Waals surface area contributed by atoms with Crippen LogP contribution in [0.3, 0.4) is 0 Å². The Kier molecular flexibility index (Phi) is 5.53. The zero-order valence-corrected chi connectivity index (χ0v) is 14.3. The van der Waals surface area contributed by atoms with Gasteiger partial charge in [0.05, 0.1) is 5.92 Å². The molecule has 1 aromatic carbocycles. The third kappa shape index (κ3) is 4.48. The molecule has 1 aromatic rings. The topological polar surface area (TPSA) is 78.7 Å². The highest BCUT2D eigenvalue weighted by molar-refractivity contribution is 5.80. The molecule has 0 aliphatic carbocycles. The van der Waals surface area contributed by atoms with E-state index < -0.39 is 0 Å². The Balaban J connectivity index is 1.43. The third-order valence-corrected chi connectivity index (χ3v) is 5.14. The first kappa shape index (κ1) is 17.7. The van der Waals surface area contributed by atoms with E-state index in [0.29, 0.717) is 31.6 Å². The van der Waals surface area contributed by atoms with Crippen LogP contribution in [0, 0.1) is 11.7 Å². The van der Waals surface area contributed by atoms with E-state index in [1.165, 1.54) is 6.07 Å². The molecule has 2 fully saturated rings. The number of halogens is 1. The monoisotopic (exact) mass is 348 g/mol. The van der Waals surface area contributed by atoms with Crippen LogP contribution in [0.1, 0.15) is 24.8 Å². The van der Waals surface area contributed by atoms with Crippen LogP contribution in [-0.2, 0) is 11.3 Å². The number of carbonyl (C=O) groups excluding carboxylic acids is 2. The van der Waals surface area contributed by atoms with Crippen LogP contribution in [0.2, 0.25) is 0 Å². The van der Waals surface area contributed by atoms with Crippen molar-refractivity contribution in [3.05, 3.63) is 35.6 Å². The number of benzene rings is 1. The van der Waals surface area contributed by atoms with E-state index in [0.717, 1.165) is 25.9 Å². The Morgan fingerprint density at radius 2 is 1.88 bits per heavy atom. The molecule has 0 saturated carbocycles. The van der Waals surface area contributed by atoms with Crippen LogP contribution in [0.5, 0.6) is 0 Å². The Bertz CT molecular complexity index is 631. The van der Waals surface area contributed by atoms with Crippen molar-refractivity contribution in [2.24, 2.45) is 11.7 Å². The van der Waals surface area contributed by atoms with Crippen molar-refractivity contribution < 1.29 is 14.0 Å². The van der Waals surface area contributed by atoms with E-state index in [2.05, 4.69) is 10.2 Å². The quantitative estimate of drug-likeness (QED) is 0.861. The van der Waals surface area contributed by atoms with Crippen LogP contribution in [0.15, 0.2) is 24.3 Å². The number of carbonyl (C=O) groups is 2. The maximum atomic E-state index is 13.7. The molecule has 7 heteroatoms. The highest BCUT2D eigenvalue weighted by Gasteiger charge is 2.31. The number of amides is 3. The summed E-state index contributed by atoms with van der Waals surface area (Å²) in [6, 6.07) is 6.85. The van der Waals surface area contributed by atoms with Gasteiger partial charge < -0.3 is 16.0 Å². The largest absolute Gasteiger partial charge is 0.369 e. The average molecular weight is 348 g/mol. The Hall–Kier alpha value is -2.15. The predicted molar refractivity (Wildman–Crippen MR) is 92.1 cm³/mol. The maximum Gasteiger partial charge on any atom is 0.317 e. The summed E-state index contributed by atoms with van der Waals surface area (Å²) >= 11 is 0. The van der Waals surface area contributed by atoms with E-state index in [9.17, 15) is 14.0 Å². The summed E-state index contributed by atoms with van der Waals surface area (Å²) in [5.74, 6) is -0.735. The van der Waals surface area contributed by atoms with Gasteiger partial charge in [0.1, 0.15) is 5.82 Å². The molecule has 0 radical (unpaired) electrons. The number of hydrogen-bond acceptors (Lipinski definition) is 3. The minimum absolute atomic E-state index is 0.115. The fraction of sp³-hybridized carbons (Fsp3) is 0.556. The van der Waals surface area contributed by atoms with Crippen molar-refractivity contribution in [2.75, 3.05) is 26.2 Å². The number of hydrogen-bond donors (Lipinski definition) is 2. The lowest BCUT2D eigenvalue weighted by Gasteiger charge is -2.33. The molecular weight excluding hydrogens is 323 g/mol. The summed E-state index contributed by atoms with van der Waals surface area (Å²) in [6.45, 7) is 3.23. The first-order valence-corrected chi connectivity index (χ1v) is 8.83. The molecule has 2 heterocycles. The first-order chi connectivity index (χ1) is 12.0. The van der Waals surface area contributed by atoms with Gasteiger partial charge in [-0.1, -0.05) is 18.2 Å². The van der Waals surface area contributed by atoms with Crippen LogP contribution in [0.25, 0.3) is 0 Å². The molecule has 3 amide bonds. The molecule has 3 rings (SSSR count). The number of nitrogens with one attached hydrogen (secondary N) is 1. The van der Waals surface area contributed by atoms with Crippen molar-refractivity contribution >= 4 is 11.9 Å². The van der Waals surface area contributed by atoms with Crippen molar-refractivity contribution in [1.82, 2.24) is 15.1 Å². The Labute approximate surface area is 147 Å². The molecule has 6 nitrogen and oxygen atoms in total. The second-order valence-electron chi connectivity index (χ2n) is 6.93. The maximum absolute atomic E-state index is 13.7. The standard InChI is InChI=1S/C18H25FN4O2/c19-16-4-2-1-3-13(16)11-22-8-6-15(7-9-22)21-18(25)23-10-5-14(12-23)17(20)24/h1-4,14-15H,5-12H2,(H2,20,24)(H,21,25).